The number of benzene rings is 2. The Morgan fingerprint density at radius 3 is 2.23 bits per heavy atom. The third kappa shape index (κ3) is 1.90. The average Bonchev–Trinajstić information content (AvgIpc) is 2.72. The molecule has 1 unspecified atom stereocenters. The molecule has 0 aliphatic carbocycles. The van der Waals surface area contributed by atoms with Gasteiger partial charge >= 0.3 is 0 Å². The fourth-order valence-electron chi connectivity index (χ4n) is 4.04. The highest BCUT2D eigenvalue weighted by Gasteiger charge is 2.58. The monoisotopic (exact) mass is 294 g/mol. The first-order chi connectivity index (χ1) is 10.6. The lowest BCUT2D eigenvalue weighted by Crippen LogP contribution is -2.51. The van der Waals surface area contributed by atoms with Crippen molar-refractivity contribution in [1.82, 2.24) is 0 Å². The van der Waals surface area contributed by atoms with E-state index in [0.717, 1.165) is 36.1 Å². The molecular weight excluding hydrogens is 270 g/mol. The Morgan fingerprint density at radius 2 is 1.59 bits per heavy atom. The zero-order valence-corrected chi connectivity index (χ0v) is 13.7. The maximum absolute atomic E-state index is 13.4. The molecule has 0 aromatic heterocycles. The van der Waals surface area contributed by atoms with Crippen LogP contribution in [0, 0.1) is 0 Å². The molecule has 0 saturated carbocycles. The van der Waals surface area contributed by atoms with E-state index >= 15 is 0 Å². The molecule has 1 heterocycles. The van der Waals surface area contributed by atoms with E-state index in [0.29, 0.717) is 0 Å². The summed E-state index contributed by atoms with van der Waals surface area (Å²) in [5, 5.41) is 14.6. The predicted molar refractivity (Wildman–Crippen MR) is 90.3 cm³/mol. The molecule has 3 rings (SSSR count). The highest BCUT2D eigenvalue weighted by molar-refractivity contribution is 5.66. The van der Waals surface area contributed by atoms with Gasteiger partial charge in [0.2, 0.25) is 0 Å². The molecule has 0 amide bonds. The van der Waals surface area contributed by atoms with Gasteiger partial charge in [-0.05, 0) is 23.6 Å². The maximum atomic E-state index is 13.4. The van der Waals surface area contributed by atoms with Crippen LogP contribution in [-0.4, -0.2) is 0 Å². The lowest BCUT2D eigenvalue weighted by molar-refractivity contribution is 0.0468. The van der Waals surface area contributed by atoms with Crippen molar-refractivity contribution in [3.63, 3.8) is 0 Å². The van der Waals surface area contributed by atoms with Gasteiger partial charge in [0.1, 0.15) is 5.54 Å². The van der Waals surface area contributed by atoms with E-state index in [1.54, 1.807) is 0 Å². The third-order valence-electron chi connectivity index (χ3n) is 5.32. The van der Waals surface area contributed by atoms with Crippen LogP contribution in [0.1, 0.15) is 51.2 Å². The minimum absolute atomic E-state index is 0.220. The van der Waals surface area contributed by atoms with E-state index in [2.05, 4.69) is 39.0 Å². The van der Waals surface area contributed by atoms with Crippen LogP contribution < -0.4 is 5.06 Å². The fraction of sp³-hybridized carbons (Fsp3) is 0.400. The van der Waals surface area contributed by atoms with E-state index in [1.165, 1.54) is 5.06 Å². The number of nitrogens with zero attached hydrogens (tertiary/aromatic N) is 1. The lowest BCUT2D eigenvalue weighted by Gasteiger charge is -2.44. The maximum Gasteiger partial charge on any atom is 0.104 e. The Hall–Kier alpha value is -1.80. The third-order valence-corrected chi connectivity index (χ3v) is 5.32. The molecule has 0 spiro atoms. The smallest absolute Gasteiger partial charge is 0.104 e. The van der Waals surface area contributed by atoms with E-state index in [-0.39, 0.29) is 5.41 Å². The summed E-state index contributed by atoms with van der Waals surface area (Å²) in [7, 11) is 0. The average molecular weight is 294 g/mol. The summed E-state index contributed by atoms with van der Waals surface area (Å²) in [4.78, 5) is 0. The molecule has 115 valence electrons. The van der Waals surface area contributed by atoms with Gasteiger partial charge in [-0.15, -0.1) is 0 Å². The van der Waals surface area contributed by atoms with Gasteiger partial charge in [0.05, 0.1) is 5.69 Å². The molecule has 0 bridgehead atoms. The number of fused-ring (bicyclic) bond motifs is 1. The molecule has 1 radical (unpaired) electrons. The standard InChI is InChI=1S/C20H24NO/c1-4-5-15-20(16-11-7-6-8-12-16)19(2,3)17-13-9-10-14-18(17)21(20)22/h6-14H,4-5,15H2,1-3H3. The Kier molecular flexibility index (Phi) is 3.73. The fourth-order valence-corrected chi connectivity index (χ4v) is 4.04. The predicted octanol–water partition coefficient (Wildman–Crippen LogP) is 5.22. The van der Waals surface area contributed by atoms with Crippen molar-refractivity contribution in [2.75, 3.05) is 5.06 Å². The van der Waals surface area contributed by atoms with Crippen molar-refractivity contribution in [2.45, 2.75) is 51.0 Å². The van der Waals surface area contributed by atoms with Crippen molar-refractivity contribution in [2.24, 2.45) is 0 Å². The SMILES string of the molecule is CCCCC1(c2ccccc2)N([O])c2ccccc2C1(C)C. The second kappa shape index (κ2) is 5.44. The van der Waals surface area contributed by atoms with Crippen LogP contribution in [0.3, 0.4) is 0 Å². The number of hydroxylamine groups is 1. The van der Waals surface area contributed by atoms with Crippen molar-refractivity contribution >= 4 is 5.69 Å². The van der Waals surface area contributed by atoms with Gasteiger partial charge in [-0.3, -0.25) is 0 Å². The molecule has 2 aromatic rings. The van der Waals surface area contributed by atoms with E-state index in [1.807, 2.05) is 36.4 Å². The molecule has 1 aliphatic rings. The number of anilines is 1. The minimum Gasteiger partial charge on any atom is -0.209 e. The second-order valence-electron chi connectivity index (χ2n) is 6.77. The van der Waals surface area contributed by atoms with Crippen LogP contribution in [0.2, 0.25) is 0 Å². The molecule has 0 fully saturated rings. The number of hydrogen-bond donors (Lipinski definition) is 0. The summed E-state index contributed by atoms with van der Waals surface area (Å²) in [5.74, 6) is 0. The lowest BCUT2D eigenvalue weighted by atomic mass is 9.65. The number of hydrogen-bond acceptors (Lipinski definition) is 1. The van der Waals surface area contributed by atoms with E-state index < -0.39 is 5.54 Å². The summed E-state index contributed by atoms with van der Waals surface area (Å²) in [6, 6.07) is 18.4. The van der Waals surface area contributed by atoms with Gasteiger partial charge in [0, 0.05) is 5.41 Å². The van der Waals surface area contributed by atoms with Gasteiger partial charge in [0.15, 0.2) is 0 Å². The van der Waals surface area contributed by atoms with Crippen LogP contribution in [0.15, 0.2) is 54.6 Å². The number of unbranched alkanes of at least 4 members (excludes halogenated alkanes) is 1. The largest absolute Gasteiger partial charge is 0.209 e. The molecule has 0 saturated heterocycles. The topological polar surface area (TPSA) is 23.1 Å². The molecule has 2 heteroatoms. The van der Waals surface area contributed by atoms with E-state index in [9.17, 15) is 5.21 Å². The van der Waals surface area contributed by atoms with Gasteiger partial charge in [-0.2, -0.15) is 0 Å². The van der Waals surface area contributed by atoms with Crippen molar-refractivity contribution in [3.05, 3.63) is 65.7 Å². The Morgan fingerprint density at radius 1 is 0.955 bits per heavy atom. The highest BCUT2D eigenvalue weighted by atomic mass is 16.5. The summed E-state index contributed by atoms with van der Waals surface area (Å²) < 4.78 is 0. The van der Waals surface area contributed by atoms with Crippen LogP contribution in [0.25, 0.3) is 0 Å². The first-order valence-electron chi connectivity index (χ1n) is 8.18. The first kappa shape index (κ1) is 15.1. The van der Waals surface area contributed by atoms with Crippen molar-refractivity contribution < 1.29 is 5.21 Å². The van der Waals surface area contributed by atoms with Crippen LogP contribution in [0.5, 0.6) is 0 Å². The molecule has 2 nitrogen and oxygen atoms in total. The molecule has 2 aromatic carbocycles. The van der Waals surface area contributed by atoms with Crippen molar-refractivity contribution in [1.29, 1.82) is 0 Å². The zero-order chi connectivity index (χ0) is 15.8. The molecule has 0 N–H and O–H groups in total. The van der Waals surface area contributed by atoms with Gasteiger partial charge in [-0.25, -0.2) is 5.06 Å². The van der Waals surface area contributed by atoms with Crippen LogP contribution >= 0.6 is 0 Å². The second-order valence-corrected chi connectivity index (χ2v) is 6.77. The number of rotatable bonds is 4. The molecule has 22 heavy (non-hydrogen) atoms. The van der Waals surface area contributed by atoms with Crippen molar-refractivity contribution in [3.8, 4) is 0 Å². The zero-order valence-electron chi connectivity index (χ0n) is 13.7. The summed E-state index contributed by atoms with van der Waals surface area (Å²) >= 11 is 0. The first-order valence-corrected chi connectivity index (χ1v) is 8.18. The van der Waals surface area contributed by atoms with Gasteiger partial charge < -0.3 is 0 Å². The van der Waals surface area contributed by atoms with Gasteiger partial charge in [0.25, 0.3) is 0 Å². The van der Waals surface area contributed by atoms with E-state index in [4.69, 9.17) is 0 Å². The molecule has 1 aliphatic heterocycles. The molecular formula is C20H24NO. The minimum atomic E-state index is -0.520. The quantitative estimate of drug-likeness (QED) is 0.758. The summed E-state index contributed by atoms with van der Waals surface area (Å²) in [5.41, 5.74) is 2.37. The normalized spacial score (nSPS) is 22.6. The van der Waals surface area contributed by atoms with Crippen LogP contribution in [0.4, 0.5) is 5.69 Å². The Labute approximate surface area is 133 Å². The van der Waals surface area contributed by atoms with Gasteiger partial charge in [-0.1, -0.05) is 87.4 Å². The summed E-state index contributed by atoms with van der Waals surface area (Å²) in [6.07, 6.45) is 3.01. The summed E-state index contributed by atoms with van der Waals surface area (Å²) in [6.45, 7) is 6.61. The Bertz CT molecular complexity index is 650. The molecule has 1 atom stereocenters. The number of para-hydroxylation sites is 1. The highest BCUT2D eigenvalue weighted by Crippen LogP contribution is 2.58. The van der Waals surface area contributed by atoms with Crippen LogP contribution in [-0.2, 0) is 16.2 Å². The Balaban J connectivity index is 2.23.